The van der Waals surface area contributed by atoms with Gasteiger partial charge < -0.3 is 10.0 Å². The predicted molar refractivity (Wildman–Crippen MR) is 70.3 cm³/mol. The zero-order valence-electron chi connectivity index (χ0n) is 11.3. The van der Waals surface area contributed by atoms with Gasteiger partial charge in [0, 0.05) is 25.6 Å². The number of hydrogen-bond acceptors (Lipinski definition) is 6. The summed E-state index contributed by atoms with van der Waals surface area (Å²) < 4.78 is 1.65. The molecule has 2 heterocycles. The van der Waals surface area contributed by atoms with E-state index in [2.05, 4.69) is 15.2 Å². The number of nitrogens with two attached hydrogens (primary N) is 1. The number of aromatic nitrogens is 3. The van der Waals surface area contributed by atoms with Gasteiger partial charge in [0.05, 0.1) is 18.8 Å². The lowest BCUT2D eigenvalue weighted by molar-refractivity contribution is 0.0948. The van der Waals surface area contributed by atoms with Gasteiger partial charge in [-0.3, -0.25) is 14.9 Å². The molecule has 2 aliphatic rings. The van der Waals surface area contributed by atoms with Gasteiger partial charge in [-0.05, 0) is 18.8 Å². The summed E-state index contributed by atoms with van der Waals surface area (Å²) in [5, 5.41) is 17.6. The molecule has 0 aromatic carbocycles. The Labute approximate surface area is 116 Å². The number of nitrogens with one attached hydrogen (secondary N) is 1. The highest BCUT2D eigenvalue weighted by Crippen LogP contribution is 2.37. The SMILES string of the molecule is NNC(=O)c1cn(CCN2CC3CCC(O)C3C2)nn1. The zero-order chi connectivity index (χ0) is 14.1. The van der Waals surface area contributed by atoms with E-state index in [1.54, 1.807) is 10.9 Å². The van der Waals surface area contributed by atoms with E-state index in [-0.39, 0.29) is 11.8 Å². The number of nitrogens with zero attached hydrogens (tertiary/aromatic N) is 4. The summed E-state index contributed by atoms with van der Waals surface area (Å²) in [6.07, 6.45) is 3.54. The smallest absolute Gasteiger partial charge is 0.287 e. The number of aliphatic hydroxyl groups is 1. The summed E-state index contributed by atoms with van der Waals surface area (Å²) in [6.45, 7) is 3.54. The fourth-order valence-corrected chi connectivity index (χ4v) is 3.34. The molecule has 1 aromatic rings. The van der Waals surface area contributed by atoms with Gasteiger partial charge in [0.2, 0.25) is 0 Å². The third-order valence-electron chi connectivity index (χ3n) is 4.44. The third-order valence-corrected chi connectivity index (χ3v) is 4.44. The monoisotopic (exact) mass is 280 g/mol. The molecule has 110 valence electrons. The van der Waals surface area contributed by atoms with Crippen molar-refractivity contribution in [1.82, 2.24) is 25.3 Å². The largest absolute Gasteiger partial charge is 0.393 e. The quantitative estimate of drug-likeness (QED) is 0.355. The van der Waals surface area contributed by atoms with Gasteiger partial charge in [-0.15, -0.1) is 5.10 Å². The molecule has 1 saturated heterocycles. The van der Waals surface area contributed by atoms with E-state index in [9.17, 15) is 9.90 Å². The van der Waals surface area contributed by atoms with Crippen LogP contribution in [0.25, 0.3) is 0 Å². The van der Waals surface area contributed by atoms with Crippen molar-refractivity contribution in [1.29, 1.82) is 0 Å². The molecule has 8 nitrogen and oxygen atoms in total. The normalized spacial score (nSPS) is 29.6. The number of likely N-dealkylation sites (tertiary alicyclic amines) is 1. The molecule has 8 heteroatoms. The molecule has 3 atom stereocenters. The van der Waals surface area contributed by atoms with Crippen LogP contribution in [0.5, 0.6) is 0 Å². The molecule has 1 aliphatic carbocycles. The minimum atomic E-state index is -0.435. The Morgan fingerprint density at radius 1 is 1.45 bits per heavy atom. The van der Waals surface area contributed by atoms with Crippen LogP contribution in [0.3, 0.4) is 0 Å². The van der Waals surface area contributed by atoms with E-state index >= 15 is 0 Å². The molecule has 3 unspecified atom stereocenters. The minimum Gasteiger partial charge on any atom is -0.393 e. The van der Waals surface area contributed by atoms with Gasteiger partial charge >= 0.3 is 0 Å². The van der Waals surface area contributed by atoms with Gasteiger partial charge in [-0.25, -0.2) is 5.84 Å². The van der Waals surface area contributed by atoms with Crippen LogP contribution in [-0.4, -0.2) is 56.6 Å². The van der Waals surface area contributed by atoms with E-state index < -0.39 is 5.91 Å². The number of carbonyl (C=O) groups excluding carboxylic acids is 1. The fourth-order valence-electron chi connectivity index (χ4n) is 3.34. The predicted octanol–water partition coefficient (Wildman–Crippen LogP) is -1.42. The number of aliphatic hydroxyl groups excluding tert-OH is 1. The summed E-state index contributed by atoms with van der Waals surface area (Å²) in [4.78, 5) is 13.6. The Balaban J connectivity index is 1.51. The van der Waals surface area contributed by atoms with Crippen LogP contribution in [0.1, 0.15) is 23.3 Å². The number of nitrogen functional groups attached to an aromatic ring is 1. The molecule has 1 amide bonds. The fraction of sp³-hybridized carbons (Fsp3) is 0.750. The Kier molecular flexibility index (Phi) is 3.68. The van der Waals surface area contributed by atoms with Crippen LogP contribution in [0.4, 0.5) is 0 Å². The first kappa shape index (κ1) is 13.5. The molecule has 1 saturated carbocycles. The number of hydrazine groups is 1. The van der Waals surface area contributed by atoms with Crippen LogP contribution in [0, 0.1) is 11.8 Å². The van der Waals surface area contributed by atoms with Crippen LogP contribution < -0.4 is 11.3 Å². The number of amides is 1. The molecule has 4 N–H and O–H groups in total. The first-order valence-corrected chi connectivity index (χ1v) is 6.99. The third kappa shape index (κ3) is 2.54. The summed E-state index contributed by atoms with van der Waals surface area (Å²) in [6, 6.07) is 0. The average molecular weight is 280 g/mol. The highest BCUT2D eigenvalue weighted by molar-refractivity contribution is 5.91. The first-order valence-electron chi connectivity index (χ1n) is 6.99. The van der Waals surface area contributed by atoms with E-state index in [1.165, 1.54) is 0 Å². The average Bonchev–Trinajstić information content (AvgIpc) is 3.13. The van der Waals surface area contributed by atoms with Gasteiger partial charge in [0.25, 0.3) is 5.91 Å². The van der Waals surface area contributed by atoms with Crippen molar-refractivity contribution in [2.75, 3.05) is 19.6 Å². The van der Waals surface area contributed by atoms with E-state index in [0.29, 0.717) is 18.4 Å². The highest BCUT2D eigenvalue weighted by atomic mass is 16.3. The molecular weight excluding hydrogens is 260 g/mol. The summed E-state index contributed by atoms with van der Waals surface area (Å²) in [5.41, 5.74) is 2.25. The van der Waals surface area contributed by atoms with Crippen LogP contribution in [0.2, 0.25) is 0 Å². The van der Waals surface area contributed by atoms with Crippen molar-refractivity contribution >= 4 is 5.91 Å². The van der Waals surface area contributed by atoms with Crippen LogP contribution in [0.15, 0.2) is 6.20 Å². The lowest BCUT2D eigenvalue weighted by Crippen LogP contribution is -2.30. The lowest BCUT2D eigenvalue weighted by Gasteiger charge is -2.17. The highest BCUT2D eigenvalue weighted by Gasteiger charge is 2.41. The number of hydrogen-bond donors (Lipinski definition) is 3. The molecule has 3 rings (SSSR count). The van der Waals surface area contributed by atoms with Crippen molar-refractivity contribution in [2.45, 2.75) is 25.5 Å². The van der Waals surface area contributed by atoms with E-state index in [1.807, 2.05) is 5.43 Å². The maximum atomic E-state index is 11.3. The Morgan fingerprint density at radius 3 is 3.05 bits per heavy atom. The molecule has 1 aliphatic heterocycles. The zero-order valence-corrected chi connectivity index (χ0v) is 11.3. The maximum absolute atomic E-state index is 11.3. The first-order chi connectivity index (χ1) is 9.67. The van der Waals surface area contributed by atoms with Gasteiger partial charge in [-0.2, -0.15) is 0 Å². The van der Waals surface area contributed by atoms with Crippen molar-refractivity contribution in [3.63, 3.8) is 0 Å². The van der Waals surface area contributed by atoms with Gasteiger partial charge in [0.1, 0.15) is 0 Å². The van der Waals surface area contributed by atoms with Crippen molar-refractivity contribution < 1.29 is 9.90 Å². The molecule has 20 heavy (non-hydrogen) atoms. The van der Waals surface area contributed by atoms with Crippen molar-refractivity contribution in [2.24, 2.45) is 17.7 Å². The maximum Gasteiger partial charge on any atom is 0.287 e. The second-order valence-electron chi connectivity index (χ2n) is 5.67. The Bertz CT molecular complexity index is 490. The number of rotatable bonds is 4. The Hall–Kier alpha value is -1.51. The van der Waals surface area contributed by atoms with Gasteiger partial charge in [-0.1, -0.05) is 5.21 Å². The lowest BCUT2D eigenvalue weighted by atomic mass is 10.00. The van der Waals surface area contributed by atoms with E-state index in [4.69, 9.17) is 5.84 Å². The van der Waals surface area contributed by atoms with Crippen LogP contribution in [-0.2, 0) is 6.54 Å². The summed E-state index contributed by atoms with van der Waals surface area (Å²) in [7, 11) is 0. The summed E-state index contributed by atoms with van der Waals surface area (Å²) >= 11 is 0. The Morgan fingerprint density at radius 2 is 2.30 bits per heavy atom. The van der Waals surface area contributed by atoms with Crippen molar-refractivity contribution in [3.8, 4) is 0 Å². The number of fused-ring (bicyclic) bond motifs is 1. The van der Waals surface area contributed by atoms with Crippen molar-refractivity contribution in [3.05, 3.63) is 11.9 Å². The second-order valence-corrected chi connectivity index (χ2v) is 5.67. The minimum absolute atomic E-state index is 0.128. The molecule has 2 fully saturated rings. The van der Waals surface area contributed by atoms with Crippen LogP contribution >= 0.6 is 0 Å². The molecule has 0 spiro atoms. The number of carbonyl (C=O) groups is 1. The standard InChI is InChI=1S/C12H20N6O2/c13-14-12(20)10-7-18(16-15-10)4-3-17-5-8-1-2-11(19)9(8)6-17/h7-9,11,19H,1-6,13H2,(H,14,20). The molecular formula is C12H20N6O2. The van der Waals surface area contributed by atoms with Gasteiger partial charge in [0.15, 0.2) is 5.69 Å². The topological polar surface area (TPSA) is 109 Å². The van der Waals surface area contributed by atoms with E-state index in [0.717, 1.165) is 32.5 Å². The second kappa shape index (κ2) is 5.47. The molecule has 0 bridgehead atoms. The molecule has 1 aromatic heterocycles. The summed E-state index contributed by atoms with van der Waals surface area (Å²) in [5.74, 6) is 5.68. The molecule has 0 radical (unpaired) electrons.